The van der Waals surface area contributed by atoms with Crippen molar-refractivity contribution in [3.63, 3.8) is 0 Å². The van der Waals surface area contributed by atoms with E-state index in [1.807, 2.05) is 11.8 Å². The molecule has 4 nitrogen and oxygen atoms in total. The van der Waals surface area contributed by atoms with Gasteiger partial charge in [-0.05, 0) is 39.7 Å². The third-order valence-corrected chi connectivity index (χ3v) is 6.46. The lowest BCUT2D eigenvalue weighted by Gasteiger charge is -2.31. The summed E-state index contributed by atoms with van der Waals surface area (Å²) in [7, 11) is 2.21. The molecule has 1 spiro atoms. The minimum Gasteiger partial charge on any atom is -0.336 e. The zero-order valence-corrected chi connectivity index (χ0v) is 12.9. The van der Waals surface area contributed by atoms with Crippen molar-refractivity contribution in [2.75, 3.05) is 13.6 Å². The number of carbonyl (C=O) groups is 1. The van der Waals surface area contributed by atoms with Gasteiger partial charge in [0, 0.05) is 24.0 Å². The van der Waals surface area contributed by atoms with Crippen molar-refractivity contribution in [3.05, 3.63) is 16.1 Å². The first-order chi connectivity index (χ1) is 9.60. The van der Waals surface area contributed by atoms with E-state index in [0.717, 1.165) is 30.1 Å². The molecular weight excluding hydrogens is 270 g/mol. The number of rotatable bonds is 2. The predicted molar refractivity (Wildman–Crippen MR) is 78.5 cm³/mol. The zero-order valence-electron chi connectivity index (χ0n) is 12.1. The summed E-state index contributed by atoms with van der Waals surface area (Å²) in [5.74, 6) is 0.391. The van der Waals surface area contributed by atoms with Gasteiger partial charge in [0.25, 0.3) is 0 Å². The maximum absolute atomic E-state index is 13.0. The van der Waals surface area contributed by atoms with Crippen LogP contribution in [0.1, 0.15) is 36.4 Å². The standard InChI is InChI=1S/C15H21N3OS/c1-10-16-11(9-20-10)8-18-6-5-15(14(18)19)7-12-3-4-13(15)17(12)2/h9,12-13H,3-8H2,1-2H3/t12-,13-,15-/m1/s1. The van der Waals surface area contributed by atoms with Crippen molar-refractivity contribution in [1.29, 1.82) is 0 Å². The van der Waals surface area contributed by atoms with Gasteiger partial charge in [-0.15, -0.1) is 11.3 Å². The molecule has 0 N–H and O–H groups in total. The van der Waals surface area contributed by atoms with E-state index in [1.165, 1.54) is 12.8 Å². The number of aryl methyl sites for hydroxylation is 1. The molecule has 4 rings (SSSR count). The third kappa shape index (κ3) is 1.62. The van der Waals surface area contributed by atoms with Crippen LogP contribution in [0.15, 0.2) is 5.38 Å². The second-order valence-electron chi connectivity index (χ2n) is 6.61. The van der Waals surface area contributed by atoms with Crippen LogP contribution in [0.25, 0.3) is 0 Å². The summed E-state index contributed by atoms with van der Waals surface area (Å²) in [6.07, 6.45) is 4.61. The highest BCUT2D eigenvalue weighted by molar-refractivity contribution is 7.09. The minimum absolute atomic E-state index is 0.0667. The molecule has 3 aliphatic heterocycles. The minimum atomic E-state index is -0.0667. The summed E-state index contributed by atoms with van der Waals surface area (Å²) in [4.78, 5) is 22.0. The van der Waals surface area contributed by atoms with Gasteiger partial charge < -0.3 is 4.90 Å². The number of likely N-dealkylation sites (tertiary alicyclic amines) is 1. The van der Waals surface area contributed by atoms with Gasteiger partial charge in [-0.3, -0.25) is 9.69 Å². The molecular formula is C15H21N3OS. The molecule has 20 heavy (non-hydrogen) atoms. The van der Waals surface area contributed by atoms with Crippen LogP contribution in [0.5, 0.6) is 0 Å². The van der Waals surface area contributed by atoms with Crippen molar-refractivity contribution in [3.8, 4) is 0 Å². The fourth-order valence-electron chi connectivity index (χ4n) is 4.66. The molecule has 5 heteroatoms. The molecule has 1 aromatic heterocycles. The molecule has 2 bridgehead atoms. The maximum Gasteiger partial charge on any atom is 0.230 e. The summed E-state index contributed by atoms with van der Waals surface area (Å²) in [5, 5.41) is 3.17. The Morgan fingerprint density at radius 2 is 2.35 bits per heavy atom. The number of thiazole rings is 1. The van der Waals surface area contributed by atoms with E-state index in [-0.39, 0.29) is 5.41 Å². The molecule has 3 aliphatic rings. The lowest BCUT2D eigenvalue weighted by atomic mass is 9.72. The first kappa shape index (κ1) is 12.8. The summed E-state index contributed by atoms with van der Waals surface area (Å²) < 4.78 is 0. The number of fused-ring (bicyclic) bond motifs is 3. The van der Waals surface area contributed by atoms with Crippen LogP contribution in [0.3, 0.4) is 0 Å². The Balaban J connectivity index is 1.54. The highest BCUT2D eigenvalue weighted by Crippen LogP contribution is 2.54. The average molecular weight is 291 g/mol. The normalized spacial score (nSPS) is 36.7. The Labute approximate surface area is 123 Å². The fourth-order valence-corrected chi connectivity index (χ4v) is 5.27. The number of hydrogen-bond acceptors (Lipinski definition) is 4. The van der Waals surface area contributed by atoms with Gasteiger partial charge in [0.05, 0.1) is 22.7 Å². The lowest BCUT2D eigenvalue weighted by Crippen LogP contribution is -2.43. The number of amides is 1. The van der Waals surface area contributed by atoms with Crippen LogP contribution in [-0.4, -0.2) is 46.4 Å². The summed E-state index contributed by atoms with van der Waals surface area (Å²) in [6.45, 7) is 3.63. The van der Waals surface area contributed by atoms with E-state index in [2.05, 4.69) is 22.3 Å². The molecule has 3 saturated heterocycles. The topological polar surface area (TPSA) is 36.4 Å². The summed E-state index contributed by atoms with van der Waals surface area (Å²) in [5.41, 5.74) is 0.984. The van der Waals surface area contributed by atoms with Gasteiger partial charge in [-0.1, -0.05) is 0 Å². The van der Waals surface area contributed by atoms with Gasteiger partial charge in [-0.2, -0.15) is 0 Å². The largest absolute Gasteiger partial charge is 0.336 e. The first-order valence-corrected chi connectivity index (χ1v) is 8.40. The van der Waals surface area contributed by atoms with Crippen LogP contribution in [0, 0.1) is 12.3 Å². The molecule has 0 saturated carbocycles. The Morgan fingerprint density at radius 1 is 1.50 bits per heavy atom. The van der Waals surface area contributed by atoms with E-state index < -0.39 is 0 Å². The van der Waals surface area contributed by atoms with Gasteiger partial charge in [0.15, 0.2) is 0 Å². The Hall–Kier alpha value is -0.940. The van der Waals surface area contributed by atoms with Crippen LogP contribution in [0.2, 0.25) is 0 Å². The van der Waals surface area contributed by atoms with E-state index in [9.17, 15) is 4.79 Å². The SMILES string of the molecule is Cc1nc(CN2CC[C@]3(C[C@H]4CC[C@H]3N4C)C2=O)cs1. The van der Waals surface area contributed by atoms with Gasteiger partial charge in [-0.25, -0.2) is 4.98 Å². The van der Waals surface area contributed by atoms with Crippen molar-refractivity contribution >= 4 is 17.2 Å². The van der Waals surface area contributed by atoms with Crippen LogP contribution >= 0.6 is 11.3 Å². The smallest absolute Gasteiger partial charge is 0.230 e. The van der Waals surface area contributed by atoms with E-state index in [4.69, 9.17) is 0 Å². The molecule has 4 heterocycles. The number of hydrogen-bond donors (Lipinski definition) is 0. The van der Waals surface area contributed by atoms with Crippen LogP contribution < -0.4 is 0 Å². The quantitative estimate of drug-likeness (QED) is 0.836. The second-order valence-corrected chi connectivity index (χ2v) is 7.67. The van der Waals surface area contributed by atoms with Gasteiger partial charge in [0.2, 0.25) is 5.91 Å². The molecule has 0 unspecified atom stereocenters. The maximum atomic E-state index is 13.0. The fraction of sp³-hybridized carbons (Fsp3) is 0.733. The number of aromatic nitrogens is 1. The Morgan fingerprint density at radius 3 is 2.95 bits per heavy atom. The van der Waals surface area contributed by atoms with Crippen molar-refractivity contribution in [1.82, 2.24) is 14.8 Å². The van der Waals surface area contributed by atoms with Crippen LogP contribution in [-0.2, 0) is 11.3 Å². The lowest BCUT2D eigenvalue weighted by molar-refractivity contribution is -0.138. The molecule has 3 atom stereocenters. The van der Waals surface area contributed by atoms with Crippen LogP contribution in [0.4, 0.5) is 0 Å². The Bertz CT molecular complexity index is 557. The molecule has 108 valence electrons. The molecule has 3 fully saturated rings. The van der Waals surface area contributed by atoms with Crippen molar-refractivity contribution in [2.24, 2.45) is 5.41 Å². The molecule has 0 radical (unpaired) electrons. The van der Waals surface area contributed by atoms with Gasteiger partial charge >= 0.3 is 0 Å². The highest BCUT2D eigenvalue weighted by Gasteiger charge is 2.61. The Kier molecular flexibility index (Phi) is 2.73. The van der Waals surface area contributed by atoms with Gasteiger partial charge in [0.1, 0.15) is 0 Å². The van der Waals surface area contributed by atoms with Crippen molar-refractivity contribution in [2.45, 2.75) is 51.2 Å². The molecule has 0 aliphatic carbocycles. The molecule has 1 amide bonds. The second kappa shape index (κ2) is 4.28. The third-order valence-electron chi connectivity index (χ3n) is 5.64. The summed E-state index contributed by atoms with van der Waals surface area (Å²) >= 11 is 1.67. The zero-order chi connectivity index (χ0) is 13.9. The molecule has 1 aromatic rings. The first-order valence-electron chi connectivity index (χ1n) is 7.52. The molecule has 0 aromatic carbocycles. The van der Waals surface area contributed by atoms with E-state index in [0.29, 0.717) is 24.5 Å². The highest BCUT2D eigenvalue weighted by atomic mass is 32.1. The number of carbonyl (C=O) groups excluding carboxylic acids is 1. The average Bonchev–Trinajstić information content (AvgIpc) is 3.14. The van der Waals surface area contributed by atoms with E-state index >= 15 is 0 Å². The summed E-state index contributed by atoms with van der Waals surface area (Å²) in [6, 6.07) is 1.13. The van der Waals surface area contributed by atoms with E-state index in [1.54, 1.807) is 11.3 Å². The predicted octanol–water partition coefficient (Wildman–Crippen LogP) is 2.04. The monoisotopic (exact) mass is 291 g/mol. The van der Waals surface area contributed by atoms with Crippen molar-refractivity contribution < 1.29 is 4.79 Å². The number of nitrogens with zero attached hydrogens (tertiary/aromatic N) is 3.